The number of amides is 2. The molecule has 0 atom stereocenters. The molecule has 0 aromatic heterocycles. The maximum absolute atomic E-state index is 12.9. The number of rotatable bonds is 6. The van der Waals surface area contributed by atoms with Gasteiger partial charge in [0.15, 0.2) is 5.78 Å². The van der Waals surface area contributed by atoms with Crippen LogP contribution < -0.4 is 4.90 Å². The summed E-state index contributed by atoms with van der Waals surface area (Å²) in [5.41, 5.74) is 1.43. The Balaban J connectivity index is 1.61. The minimum atomic E-state index is -0.602. The molecule has 2 aliphatic heterocycles. The highest BCUT2D eigenvalue weighted by Crippen LogP contribution is 2.35. The Bertz CT molecular complexity index is 1160. The van der Waals surface area contributed by atoms with Crippen molar-refractivity contribution in [2.75, 3.05) is 37.7 Å². The molecule has 0 saturated carbocycles. The minimum Gasteiger partial charge on any atom is -0.378 e. The first kappa shape index (κ1) is 23.1. The number of morpholine rings is 1. The van der Waals surface area contributed by atoms with E-state index >= 15 is 0 Å². The number of hydrogen-bond acceptors (Lipinski definition) is 8. The number of non-ortho nitro benzene ring substituents is 1. The van der Waals surface area contributed by atoms with E-state index in [1.54, 1.807) is 30.3 Å². The highest BCUT2D eigenvalue weighted by molar-refractivity contribution is 9.10. The molecule has 0 spiro atoms. The van der Waals surface area contributed by atoms with Gasteiger partial charge < -0.3 is 9.64 Å². The van der Waals surface area contributed by atoms with Crippen molar-refractivity contribution in [3.05, 3.63) is 73.1 Å². The number of nitrogens with zero attached hydrogens (tertiary/aromatic N) is 3. The molecular weight excluding hydrogens is 514 g/mol. The molecule has 0 radical (unpaired) electrons. The van der Waals surface area contributed by atoms with Crippen molar-refractivity contribution in [3.8, 4) is 0 Å². The summed E-state index contributed by atoms with van der Waals surface area (Å²) >= 11 is 4.01. The van der Waals surface area contributed by atoms with Gasteiger partial charge in [0, 0.05) is 46.5 Å². The molecule has 2 heterocycles. The summed E-state index contributed by atoms with van der Waals surface area (Å²) in [5.74, 6) is -0.967. The lowest BCUT2D eigenvalue weighted by atomic mass is 10.1. The van der Waals surface area contributed by atoms with Gasteiger partial charge in [-0.05, 0) is 36.0 Å². The Labute approximate surface area is 201 Å². The number of halogens is 1. The summed E-state index contributed by atoms with van der Waals surface area (Å²) in [6, 6.07) is 11.1. The summed E-state index contributed by atoms with van der Waals surface area (Å²) in [6.07, 6.45) is 1.48. The van der Waals surface area contributed by atoms with Crippen molar-refractivity contribution < 1.29 is 24.0 Å². The molecule has 0 bridgehead atoms. The SMILES string of the molecule is O=C(CN1C(=O)S/C(=C\c2cc([N+](=O)[O-])ccc2N2CCOCC2)C1=O)c1ccc(Br)cc1. The summed E-state index contributed by atoms with van der Waals surface area (Å²) in [5, 5.41) is 10.7. The van der Waals surface area contributed by atoms with E-state index in [0.717, 1.165) is 9.37 Å². The number of hydrogen-bond donors (Lipinski definition) is 0. The fourth-order valence-corrected chi connectivity index (χ4v) is 4.61. The number of carbonyl (C=O) groups is 3. The third kappa shape index (κ3) is 5.15. The largest absolute Gasteiger partial charge is 0.378 e. The second kappa shape index (κ2) is 9.86. The van der Waals surface area contributed by atoms with Crippen molar-refractivity contribution in [2.45, 2.75) is 0 Å². The topological polar surface area (TPSA) is 110 Å². The fraction of sp³-hybridized carbons (Fsp3) is 0.227. The van der Waals surface area contributed by atoms with Crippen LogP contribution in [0.2, 0.25) is 0 Å². The van der Waals surface area contributed by atoms with Gasteiger partial charge in [-0.3, -0.25) is 29.4 Å². The standard InChI is InChI=1S/C22H18BrN3O6S/c23-16-3-1-14(2-4-16)19(27)13-25-21(28)20(33-22(25)29)12-15-11-17(26(30)31)5-6-18(15)24-7-9-32-10-8-24/h1-6,11-12H,7-10,13H2/b20-12-. The van der Waals surface area contributed by atoms with Crippen LogP contribution in [0.4, 0.5) is 16.2 Å². The van der Waals surface area contributed by atoms with Crippen LogP contribution in [0.5, 0.6) is 0 Å². The normalized spacial score (nSPS) is 17.7. The molecule has 0 unspecified atom stereocenters. The van der Waals surface area contributed by atoms with Gasteiger partial charge in [-0.1, -0.05) is 28.1 Å². The number of anilines is 1. The monoisotopic (exact) mass is 531 g/mol. The molecule has 9 nitrogen and oxygen atoms in total. The first-order valence-electron chi connectivity index (χ1n) is 9.99. The minimum absolute atomic E-state index is 0.110. The highest BCUT2D eigenvalue weighted by Gasteiger charge is 2.36. The molecule has 170 valence electrons. The summed E-state index contributed by atoms with van der Waals surface area (Å²) in [6.45, 7) is 1.86. The van der Waals surface area contributed by atoms with Crippen molar-refractivity contribution in [2.24, 2.45) is 0 Å². The van der Waals surface area contributed by atoms with Gasteiger partial charge in [-0.25, -0.2) is 0 Å². The van der Waals surface area contributed by atoms with E-state index in [1.165, 1.54) is 18.2 Å². The van der Waals surface area contributed by atoms with E-state index in [4.69, 9.17) is 4.74 Å². The number of nitro groups is 1. The van der Waals surface area contributed by atoms with Gasteiger partial charge >= 0.3 is 0 Å². The van der Waals surface area contributed by atoms with E-state index in [-0.39, 0.29) is 22.9 Å². The van der Waals surface area contributed by atoms with E-state index in [2.05, 4.69) is 15.9 Å². The number of nitro benzene ring substituents is 1. The Morgan fingerprint density at radius 1 is 1.15 bits per heavy atom. The van der Waals surface area contributed by atoms with Crippen LogP contribution >= 0.6 is 27.7 Å². The Hall–Kier alpha value is -3.02. The number of benzene rings is 2. The number of carbonyl (C=O) groups excluding carboxylic acids is 3. The molecular formula is C22H18BrN3O6S. The first-order valence-corrected chi connectivity index (χ1v) is 11.6. The smallest absolute Gasteiger partial charge is 0.293 e. The molecule has 2 amide bonds. The fourth-order valence-electron chi connectivity index (χ4n) is 3.51. The van der Waals surface area contributed by atoms with Crippen molar-refractivity contribution >= 4 is 62.1 Å². The van der Waals surface area contributed by atoms with Gasteiger partial charge in [0.05, 0.1) is 29.6 Å². The first-order chi connectivity index (χ1) is 15.8. The average Bonchev–Trinajstić information content (AvgIpc) is 3.07. The molecule has 4 rings (SSSR count). The summed E-state index contributed by atoms with van der Waals surface area (Å²) in [4.78, 5) is 51.8. The third-order valence-corrected chi connectivity index (χ3v) is 6.64. The van der Waals surface area contributed by atoms with Crippen LogP contribution in [-0.2, 0) is 9.53 Å². The Morgan fingerprint density at radius 2 is 1.85 bits per heavy atom. The highest BCUT2D eigenvalue weighted by atomic mass is 79.9. The van der Waals surface area contributed by atoms with Gasteiger partial charge in [0.25, 0.3) is 16.8 Å². The van der Waals surface area contributed by atoms with Crippen molar-refractivity contribution in [1.82, 2.24) is 4.90 Å². The van der Waals surface area contributed by atoms with Gasteiger partial charge in [-0.15, -0.1) is 0 Å². The lowest BCUT2D eigenvalue weighted by molar-refractivity contribution is -0.384. The van der Waals surface area contributed by atoms with E-state index in [0.29, 0.717) is 54.9 Å². The number of ether oxygens (including phenoxy) is 1. The van der Waals surface area contributed by atoms with Crippen LogP contribution in [0.25, 0.3) is 6.08 Å². The molecule has 0 aliphatic carbocycles. The number of imide groups is 1. The second-order valence-electron chi connectivity index (χ2n) is 7.30. The maximum Gasteiger partial charge on any atom is 0.293 e. The lowest BCUT2D eigenvalue weighted by Crippen LogP contribution is -2.36. The molecule has 33 heavy (non-hydrogen) atoms. The molecule has 2 fully saturated rings. The number of Topliss-reactive ketones (excluding diaryl/α,β-unsaturated/α-hetero) is 1. The van der Waals surface area contributed by atoms with E-state index < -0.39 is 16.1 Å². The van der Waals surface area contributed by atoms with E-state index in [9.17, 15) is 24.5 Å². The third-order valence-electron chi connectivity index (χ3n) is 5.20. The van der Waals surface area contributed by atoms with Gasteiger partial charge in [-0.2, -0.15) is 0 Å². The van der Waals surface area contributed by atoms with Crippen LogP contribution in [0, 0.1) is 10.1 Å². The summed E-state index contributed by atoms with van der Waals surface area (Å²) < 4.78 is 6.18. The van der Waals surface area contributed by atoms with E-state index in [1.807, 2.05) is 4.90 Å². The lowest BCUT2D eigenvalue weighted by Gasteiger charge is -2.30. The predicted molar refractivity (Wildman–Crippen MR) is 127 cm³/mol. The zero-order valence-electron chi connectivity index (χ0n) is 17.2. The van der Waals surface area contributed by atoms with Crippen molar-refractivity contribution in [3.63, 3.8) is 0 Å². The number of thioether (sulfide) groups is 1. The van der Waals surface area contributed by atoms with Crippen LogP contribution in [0.3, 0.4) is 0 Å². The molecule has 2 saturated heterocycles. The Kier molecular flexibility index (Phi) is 6.91. The Morgan fingerprint density at radius 3 is 2.52 bits per heavy atom. The van der Waals surface area contributed by atoms with Gasteiger partial charge in [0.2, 0.25) is 0 Å². The van der Waals surface area contributed by atoms with Crippen LogP contribution in [0.15, 0.2) is 51.8 Å². The average molecular weight is 532 g/mol. The van der Waals surface area contributed by atoms with Crippen molar-refractivity contribution in [1.29, 1.82) is 0 Å². The van der Waals surface area contributed by atoms with Gasteiger partial charge in [0.1, 0.15) is 0 Å². The molecule has 0 N–H and O–H groups in total. The molecule has 11 heteroatoms. The maximum atomic E-state index is 12.9. The van der Waals surface area contributed by atoms with Crippen LogP contribution in [-0.4, -0.2) is 59.6 Å². The van der Waals surface area contributed by atoms with Crippen LogP contribution in [0.1, 0.15) is 15.9 Å². The summed E-state index contributed by atoms with van der Waals surface area (Å²) in [7, 11) is 0. The molecule has 2 aliphatic rings. The molecule has 2 aromatic rings. The quantitative estimate of drug-likeness (QED) is 0.237. The zero-order valence-corrected chi connectivity index (χ0v) is 19.6. The predicted octanol–water partition coefficient (Wildman–Crippen LogP) is 4.11. The number of ketones is 1. The zero-order chi connectivity index (χ0) is 23.5. The second-order valence-corrected chi connectivity index (χ2v) is 9.21. The molecule has 2 aromatic carbocycles.